The van der Waals surface area contributed by atoms with E-state index in [1.165, 1.54) is 25.7 Å². The highest BCUT2D eigenvalue weighted by molar-refractivity contribution is 5.79. The number of nitrogens with zero attached hydrogens (tertiary/aromatic N) is 2. The number of likely N-dealkylation sites (tertiary alicyclic amines) is 1. The number of carboxylic acid groups (broad SMARTS) is 1. The zero-order valence-electron chi connectivity index (χ0n) is 11.0. The summed E-state index contributed by atoms with van der Waals surface area (Å²) in [6.45, 7) is 1.37. The van der Waals surface area contributed by atoms with E-state index in [0.717, 1.165) is 6.54 Å². The minimum atomic E-state index is -1.01. The molecule has 3 rings (SSSR count). The Kier molecular flexibility index (Phi) is 2.88. The number of hydrogen-bond donors (Lipinski definition) is 2. The summed E-state index contributed by atoms with van der Waals surface area (Å²) in [5.74, 6) is -0.846. The maximum absolute atomic E-state index is 11.2. The van der Waals surface area contributed by atoms with E-state index in [-0.39, 0.29) is 0 Å². The highest BCUT2D eigenvalue weighted by Crippen LogP contribution is 2.37. The summed E-state index contributed by atoms with van der Waals surface area (Å²) in [4.78, 5) is 16.0. The highest BCUT2D eigenvalue weighted by Gasteiger charge is 2.47. The summed E-state index contributed by atoms with van der Waals surface area (Å²) < 4.78 is 0. The van der Waals surface area contributed by atoms with Gasteiger partial charge in [0.15, 0.2) is 0 Å². The summed E-state index contributed by atoms with van der Waals surface area (Å²) in [5.41, 5.74) is 4.95. The van der Waals surface area contributed by atoms with Crippen molar-refractivity contribution in [2.75, 3.05) is 20.1 Å². The molecule has 3 saturated heterocycles. The number of piperidine rings is 1. The Bertz CT molecular complexity index is 348. The van der Waals surface area contributed by atoms with Gasteiger partial charge in [-0.25, -0.2) is 0 Å². The van der Waals surface area contributed by atoms with Crippen LogP contribution >= 0.6 is 0 Å². The Morgan fingerprint density at radius 3 is 2.39 bits per heavy atom. The van der Waals surface area contributed by atoms with Crippen molar-refractivity contribution < 1.29 is 9.90 Å². The van der Waals surface area contributed by atoms with Gasteiger partial charge in [-0.2, -0.15) is 0 Å². The fraction of sp³-hybridized carbons (Fsp3) is 0.923. The lowest BCUT2D eigenvalue weighted by Gasteiger charge is -2.40. The van der Waals surface area contributed by atoms with Gasteiger partial charge < -0.3 is 15.7 Å². The van der Waals surface area contributed by atoms with E-state index >= 15 is 0 Å². The average molecular weight is 253 g/mol. The molecule has 0 amide bonds. The second-order valence-corrected chi connectivity index (χ2v) is 6.36. The van der Waals surface area contributed by atoms with E-state index in [4.69, 9.17) is 5.73 Å². The number of nitrogens with two attached hydrogens (primary N) is 1. The van der Waals surface area contributed by atoms with Crippen LogP contribution in [0.5, 0.6) is 0 Å². The van der Waals surface area contributed by atoms with E-state index in [2.05, 4.69) is 16.8 Å². The van der Waals surface area contributed by atoms with Gasteiger partial charge >= 0.3 is 5.97 Å². The van der Waals surface area contributed by atoms with Crippen molar-refractivity contribution in [1.82, 2.24) is 9.80 Å². The Morgan fingerprint density at radius 2 is 1.89 bits per heavy atom. The molecular weight excluding hydrogens is 230 g/mol. The van der Waals surface area contributed by atoms with Crippen molar-refractivity contribution in [2.24, 2.45) is 5.73 Å². The smallest absolute Gasteiger partial charge is 0.325 e. The number of carboxylic acids is 1. The maximum atomic E-state index is 11.2. The predicted octanol–water partition coefficient (Wildman–Crippen LogP) is 0.0994. The fourth-order valence-corrected chi connectivity index (χ4v) is 4.03. The van der Waals surface area contributed by atoms with Crippen LogP contribution in [0.3, 0.4) is 0 Å². The molecule has 2 bridgehead atoms. The molecule has 0 saturated carbocycles. The summed E-state index contributed by atoms with van der Waals surface area (Å²) >= 11 is 0. The number of aliphatic carboxylic acids is 1. The zero-order valence-corrected chi connectivity index (χ0v) is 11.0. The standard InChI is InChI=1S/C13H23N3O2/c1-15-9-2-3-10(15)7-11(6-9)16-5-4-13(14,8-16)12(17)18/h9-11H,2-8,14H2,1H3,(H,17,18). The van der Waals surface area contributed by atoms with Gasteiger partial charge in [0.05, 0.1) is 0 Å². The zero-order chi connectivity index (χ0) is 12.9. The molecule has 3 N–H and O–H groups in total. The molecule has 3 atom stereocenters. The van der Waals surface area contributed by atoms with Crippen LogP contribution in [0.1, 0.15) is 32.1 Å². The Balaban J connectivity index is 1.66. The van der Waals surface area contributed by atoms with Crippen LogP contribution < -0.4 is 5.73 Å². The molecule has 3 fully saturated rings. The van der Waals surface area contributed by atoms with Crippen LogP contribution in [0.25, 0.3) is 0 Å². The van der Waals surface area contributed by atoms with Crippen LogP contribution in [0.2, 0.25) is 0 Å². The first-order chi connectivity index (χ1) is 8.49. The van der Waals surface area contributed by atoms with Crippen LogP contribution in [0.15, 0.2) is 0 Å². The lowest BCUT2D eigenvalue weighted by atomic mass is 9.96. The third-order valence-corrected chi connectivity index (χ3v) is 5.35. The second-order valence-electron chi connectivity index (χ2n) is 6.36. The van der Waals surface area contributed by atoms with Crippen LogP contribution in [-0.4, -0.2) is 64.7 Å². The lowest BCUT2D eigenvalue weighted by Crippen LogP contribution is -2.53. The SMILES string of the molecule is CN1C2CCC1CC(N1CCC(N)(C(=O)O)C1)C2. The van der Waals surface area contributed by atoms with Crippen molar-refractivity contribution in [2.45, 2.75) is 55.8 Å². The summed E-state index contributed by atoms with van der Waals surface area (Å²) in [6, 6.07) is 1.95. The van der Waals surface area contributed by atoms with Crippen molar-refractivity contribution >= 4 is 5.97 Å². The largest absolute Gasteiger partial charge is 0.480 e. The molecule has 0 spiro atoms. The van der Waals surface area contributed by atoms with Gasteiger partial charge in [-0.15, -0.1) is 0 Å². The molecule has 102 valence electrons. The first-order valence-corrected chi connectivity index (χ1v) is 6.98. The predicted molar refractivity (Wildman–Crippen MR) is 68.3 cm³/mol. The molecule has 3 heterocycles. The molecule has 0 aliphatic carbocycles. The highest BCUT2D eigenvalue weighted by atomic mass is 16.4. The molecule has 3 aliphatic heterocycles. The van der Waals surface area contributed by atoms with Crippen molar-refractivity contribution in [3.05, 3.63) is 0 Å². The molecule has 3 aliphatic rings. The van der Waals surface area contributed by atoms with Crippen molar-refractivity contribution in [3.63, 3.8) is 0 Å². The van der Waals surface area contributed by atoms with Crippen molar-refractivity contribution in [1.29, 1.82) is 0 Å². The average Bonchev–Trinajstić information content (AvgIpc) is 2.79. The van der Waals surface area contributed by atoms with Gasteiger partial charge in [-0.05, 0) is 39.2 Å². The van der Waals surface area contributed by atoms with Gasteiger partial charge in [0.2, 0.25) is 0 Å². The van der Waals surface area contributed by atoms with E-state index < -0.39 is 11.5 Å². The molecule has 3 unspecified atom stereocenters. The minimum absolute atomic E-state index is 0.524. The van der Waals surface area contributed by atoms with Crippen LogP contribution in [-0.2, 0) is 4.79 Å². The third-order valence-electron chi connectivity index (χ3n) is 5.35. The van der Waals surface area contributed by atoms with Crippen molar-refractivity contribution in [3.8, 4) is 0 Å². The molecule has 5 nitrogen and oxygen atoms in total. The van der Waals surface area contributed by atoms with Gasteiger partial charge in [0.1, 0.15) is 5.54 Å². The summed E-state index contributed by atoms with van der Waals surface area (Å²) in [7, 11) is 2.23. The molecule has 5 heteroatoms. The first-order valence-electron chi connectivity index (χ1n) is 6.98. The summed E-state index contributed by atoms with van der Waals surface area (Å²) in [6.07, 6.45) is 5.56. The second kappa shape index (κ2) is 4.18. The topological polar surface area (TPSA) is 69.8 Å². The van der Waals surface area contributed by atoms with Gasteiger partial charge in [-0.3, -0.25) is 9.69 Å². The van der Waals surface area contributed by atoms with E-state index in [9.17, 15) is 9.90 Å². The van der Waals surface area contributed by atoms with Crippen LogP contribution in [0, 0.1) is 0 Å². The Morgan fingerprint density at radius 1 is 1.28 bits per heavy atom. The molecule has 0 aromatic carbocycles. The third kappa shape index (κ3) is 1.85. The fourth-order valence-electron chi connectivity index (χ4n) is 4.03. The number of rotatable bonds is 2. The number of hydrogen-bond acceptors (Lipinski definition) is 4. The Labute approximate surface area is 108 Å². The first kappa shape index (κ1) is 12.4. The molecule has 0 radical (unpaired) electrons. The van der Waals surface area contributed by atoms with Gasteiger partial charge in [0, 0.05) is 31.2 Å². The van der Waals surface area contributed by atoms with Gasteiger partial charge in [-0.1, -0.05) is 0 Å². The lowest BCUT2D eigenvalue weighted by molar-refractivity contribution is -0.142. The monoisotopic (exact) mass is 253 g/mol. The van der Waals surface area contributed by atoms with E-state index in [0.29, 0.717) is 31.1 Å². The quantitative estimate of drug-likeness (QED) is 0.730. The molecule has 18 heavy (non-hydrogen) atoms. The Hall–Kier alpha value is -0.650. The number of fused-ring (bicyclic) bond motifs is 2. The minimum Gasteiger partial charge on any atom is -0.480 e. The molecular formula is C13H23N3O2. The van der Waals surface area contributed by atoms with Crippen LogP contribution in [0.4, 0.5) is 0 Å². The van der Waals surface area contributed by atoms with E-state index in [1.807, 2.05) is 0 Å². The molecule has 0 aromatic heterocycles. The molecule has 0 aromatic rings. The van der Waals surface area contributed by atoms with E-state index in [1.54, 1.807) is 0 Å². The summed E-state index contributed by atoms with van der Waals surface area (Å²) in [5, 5.41) is 9.19. The van der Waals surface area contributed by atoms with Gasteiger partial charge in [0.25, 0.3) is 0 Å². The normalized spacial score (nSPS) is 45.6. The maximum Gasteiger partial charge on any atom is 0.325 e. The number of carbonyl (C=O) groups is 1.